The smallest absolute Gasteiger partial charge is 0.164 e. The third-order valence-electron chi connectivity index (χ3n) is 9.22. The number of fused-ring (bicyclic) bond motifs is 5. The summed E-state index contributed by atoms with van der Waals surface area (Å²) >= 11 is 0. The Kier molecular flexibility index (Phi) is 6.76. The van der Waals surface area contributed by atoms with Gasteiger partial charge in [0.2, 0.25) is 0 Å². The molecule has 1 aliphatic heterocycles. The number of benzene rings is 4. The van der Waals surface area contributed by atoms with Crippen LogP contribution in [-0.4, -0.2) is 24.5 Å². The Bertz CT molecular complexity index is 2390. The van der Waals surface area contributed by atoms with E-state index in [1.807, 2.05) is 67.7 Å². The van der Waals surface area contributed by atoms with Crippen molar-refractivity contribution in [3.63, 3.8) is 0 Å². The first-order valence-corrected chi connectivity index (χ1v) is 15.9. The molecule has 0 aliphatic carbocycles. The number of nitrogens with zero attached hydrogens (tertiary/aromatic N) is 5. The van der Waals surface area contributed by atoms with Crippen molar-refractivity contribution in [1.82, 2.24) is 24.5 Å². The highest BCUT2D eigenvalue weighted by atomic mass is 15.1. The fourth-order valence-corrected chi connectivity index (χ4v) is 6.74. The molecular weight excluding hydrogens is 574 g/mol. The third-order valence-corrected chi connectivity index (χ3v) is 9.22. The van der Waals surface area contributed by atoms with Crippen molar-refractivity contribution in [2.45, 2.75) is 26.2 Å². The van der Waals surface area contributed by atoms with Crippen molar-refractivity contribution < 1.29 is 0 Å². The van der Waals surface area contributed by atoms with Crippen LogP contribution in [0.2, 0.25) is 0 Å². The van der Waals surface area contributed by atoms with Crippen molar-refractivity contribution in [3.05, 3.63) is 157 Å². The quantitative estimate of drug-likeness (QED) is 0.177. The van der Waals surface area contributed by atoms with E-state index in [9.17, 15) is 0 Å². The Balaban J connectivity index is 1.23. The fraction of sp³-hybridized carbons (Fsp3) is 0.0952. The number of para-hydroxylation sites is 1. The van der Waals surface area contributed by atoms with Crippen LogP contribution in [0.4, 0.5) is 0 Å². The van der Waals surface area contributed by atoms with Gasteiger partial charge in [0.05, 0.1) is 11.0 Å². The number of rotatable bonds is 6. The molecule has 0 radical (unpaired) electrons. The van der Waals surface area contributed by atoms with E-state index in [0.29, 0.717) is 17.5 Å². The molecule has 47 heavy (non-hydrogen) atoms. The first-order chi connectivity index (χ1) is 22.9. The number of allylic oxidation sites excluding steroid dienone is 5. The van der Waals surface area contributed by atoms with Crippen LogP contribution < -0.4 is 0 Å². The fourth-order valence-electron chi connectivity index (χ4n) is 6.74. The van der Waals surface area contributed by atoms with Crippen LogP contribution in [0.15, 0.2) is 140 Å². The van der Waals surface area contributed by atoms with Gasteiger partial charge in [0, 0.05) is 39.1 Å². The van der Waals surface area contributed by atoms with Crippen LogP contribution in [-0.2, 0) is 5.41 Å². The second-order valence-corrected chi connectivity index (χ2v) is 12.5. The zero-order valence-electron chi connectivity index (χ0n) is 26.6. The molecule has 5 nitrogen and oxygen atoms in total. The summed E-state index contributed by atoms with van der Waals surface area (Å²) in [5.74, 6) is 2.93. The maximum absolute atomic E-state index is 4.91. The summed E-state index contributed by atoms with van der Waals surface area (Å²) < 4.78 is 2.36. The molecule has 4 heterocycles. The molecule has 0 N–H and O–H groups in total. The second-order valence-electron chi connectivity index (χ2n) is 12.5. The molecule has 7 aromatic rings. The van der Waals surface area contributed by atoms with Gasteiger partial charge >= 0.3 is 0 Å². The largest absolute Gasteiger partial charge is 0.293 e. The van der Waals surface area contributed by atoms with E-state index >= 15 is 0 Å². The summed E-state index contributed by atoms with van der Waals surface area (Å²) in [5.41, 5.74) is 9.91. The van der Waals surface area contributed by atoms with E-state index in [2.05, 4.69) is 91.7 Å². The van der Waals surface area contributed by atoms with Gasteiger partial charge in [-0.1, -0.05) is 136 Å². The lowest BCUT2D eigenvalue weighted by molar-refractivity contribution is 0.624. The Morgan fingerprint density at radius 1 is 0.681 bits per heavy atom. The van der Waals surface area contributed by atoms with Crippen LogP contribution in [0.25, 0.3) is 67.1 Å². The predicted molar refractivity (Wildman–Crippen MR) is 193 cm³/mol. The molecule has 8 rings (SSSR count). The van der Waals surface area contributed by atoms with Gasteiger partial charge in [-0.3, -0.25) is 4.57 Å². The monoisotopic (exact) mass is 607 g/mol. The highest BCUT2D eigenvalue weighted by Crippen LogP contribution is 2.47. The lowest BCUT2D eigenvalue weighted by Crippen LogP contribution is -2.26. The average Bonchev–Trinajstić information content (AvgIpc) is 3.45. The van der Waals surface area contributed by atoms with Crippen LogP contribution in [0.1, 0.15) is 37.7 Å². The molecule has 0 fully saturated rings. The lowest BCUT2D eigenvalue weighted by Gasteiger charge is -2.33. The zero-order valence-corrected chi connectivity index (χ0v) is 26.6. The summed E-state index contributed by atoms with van der Waals surface area (Å²) in [4.78, 5) is 19.5. The van der Waals surface area contributed by atoms with E-state index in [0.717, 1.165) is 39.2 Å². The molecule has 1 aliphatic rings. The maximum Gasteiger partial charge on any atom is 0.164 e. The SMILES string of the molecule is C=C/C=C\C=C(/C)c1nc(-c2ccccc2)nc(-c2ccc(-c3ccc4c5cccc6c5n(c4c3)-c3ncccc3C6(C)C)cc2)n1. The highest BCUT2D eigenvalue weighted by Gasteiger charge is 2.35. The van der Waals surface area contributed by atoms with Crippen molar-refractivity contribution in [2.75, 3.05) is 0 Å². The second kappa shape index (κ2) is 11.1. The third kappa shape index (κ3) is 4.70. The zero-order chi connectivity index (χ0) is 32.1. The van der Waals surface area contributed by atoms with Gasteiger partial charge in [-0.15, -0.1) is 0 Å². The number of hydrogen-bond acceptors (Lipinski definition) is 4. The number of pyridine rings is 1. The Morgan fingerprint density at radius 3 is 2.15 bits per heavy atom. The first-order valence-electron chi connectivity index (χ1n) is 15.9. The van der Waals surface area contributed by atoms with Gasteiger partial charge in [-0.25, -0.2) is 19.9 Å². The van der Waals surface area contributed by atoms with Crippen molar-refractivity contribution in [3.8, 4) is 39.7 Å². The van der Waals surface area contributed by atoms with Crippen LogP contribution in [0.3, 0.4) is 0 Å². The first kappa shape index (κ1) is 28.5. The summed E-state index contributed by atoms with van der Waals surface area (Å²) in [6.45, 7) is 10.4. The Morgan fingerprint density at radius 2 is 1.38 bits per heavy atom. The van der Waals surface area contributed by atoms with Gasteiger partial charge in [-0.2, -0.15) is 0 Å². The van der Waals surface area contributed by atoms with E-state index < -0.39 is 0 Å². The van der Waals surface area contributed by atoms with Crippen molar-refractivity contribution in [1.29, 1.82) is 0 Å². The van der Waals surface area contributed by atoms with Gasteiger partial charge in [0.1, 0.15) is 5.82 Å². The molecule has 0 spiro atoms. The Hall–Kier alpha value is -5.94. The summed E-state index contributed by atoms with van der Waals surface area (Å²) in [7, 11) is 0. The summed E-state index contributed by atoms with van der Waals surface area (Å²) in [6, 6.07) is 36.2. The molecule has 0 amide bonds. The van der Waals surface area contributed by atoms with Gasteiger partial charge in [0.25, 0.3) is 0 Å². The molecule has 0 saturated carbocycles. The molecule has 0 saturated heterocycles. The van der Waals surface area contributed by atoms with Gasteiger partial charge in [0.15, 0.2) is 17.5 Å². The molecule has 0 atom stereocenters. The van der Waals surface area contributed by atoms with Crippen LogP contribution in [0.5, 0.6) is 0 Å². The molecule has 5 heteroatoms. The summed E-state index contributed by atoms with van der Waals surface area (Å²) in [5, 5.41) is 2.49. The van der Waals surface area contributed by atoms with Crippen LogP contribution in [0, 0.1) is 0 Å². The van der Waals surface area contributed by atoms with Gasteiger partial charge in [-0.05, 0) is 41.3 Å². The average molecular weight is 608 g/mol. The number of aromatic nitrogens is 5. The molecule has 4 aromatic carbocycles. The molecule has 226 valence electrons. The minimum atomic E-state index is -0.141. The topological polar surface area (TPSA) is 56.5 Å². The van der Waals surface area contributed by atoms with E-state index in [-0.39, 0.29) is 5.41 Å². The van der Waals surface area contributed by atoms with Crippen LogP contribution >= 0.6 is 0 Å². The Labute approximate surface area is 274 Å². The van der Waals surface area contributed by atoms with Crippen molar-refractivity contribution in [2.24, 2.45) is 0 Å². The maximum atomic E-state index is 4.91. The highest BCUT2D eigenvalue weighted by molar-refractivity contribution is 6.12. The number of hydrogen-bond donors (Lipinski definition) is 0. The lowest BCUT2D eigenvalue weighted by atomic mass is 9.76. The normalized spacial score (nSPS) is 13.7. The molecule has 0 bridgehead atoms. The van der Waals surface area contributed by atoms with E-state index in [1.165, 1.54) is 27.4 Å². The summed E-state index contributed by atoms with van der Waals surface area (Å²) in [6.07, 6.45) is 9.47. The standard InChI is InChI=1S/C42H33N5/c1-5-6-8-13-27(2)38-44-39(29-14-9-7-10-15-29)46-40(45-38)30-21-19-28(20-22-30)31-23-24-32-33-16-11-17-34-37(33)47(36(32)26-31)41-35(42(34,3)4)18-12-25-43-41/h5-26H,1H2,2-4H3/b8-6-,27-13+. The van der Waals surface area contributed by atoms with Crippen molar-refractivity contribution >= 4 is 27.4 Å². The van der Waals surface area contributed by atoms with E-state index in [4.69, 9.17) is 19.9 Å². The molecule has 3 aromatic heterocycles. The molecular formula is C42H33N5. The minimum Gasteiger partial charge on any atom is -0.293 e. The van der Waals surface area contributed by atoms with E-state index in [1.54, 1.807) is 6.08 Å². The van der Waals surface area contributed by atoms with Gasteiger partial charge < -0.3 is 0 Å². The minimum absolute atomic E-state index is 0.141. The molecule has 0 unspecified atom stereocenters. The predicted octanol–water partition coefficient (Wildman–Crippen LogP) is 10.1.